The van der Waals surface area contributed by atoms with E-state index in [9.17, 15) is 4.79 Å². The smallest absolute Gasteiger partial charge is 0.258 e. The molecule has 1 saturated heterocycles. The average Bonchev–Trinajstić information content (AvgIpc) is 2.39. The van der Waals surface area contributed by atoms with Crippen molar-refractivity contribution in [2.24, 2.45) is 0 Å². The first-order valence-electron chi connectivity index (χ1n) is 5.85. The summed E-state index contributed by atoms with van der Waals surface area (Å²) in [4.78, 5) is 15.7. The fourth-order valence-corrected chi connectivity index (χ4v) is 1.94. The van der Waals surface area contributed by atoms with Gasteiger partial charge in [-0.15, -0.1) is 0 Å². The van der Waals surface area contributed by atoms with Gasteiger partial charge in [-0.3, -0.25) is 4.79 Å². The Hall–Kier alpha value is -1.14. The van der Waals surface area contributed by atoms with Gasteiger partial charge in [0.25, 0.3) is 5.91 Å². The Balaban J connectivity index is 1.72. The highest BCUT2D eigenvalue weighted by Gasteiger charge is 2.16. The molecular formula is C12H15BrN2O3. The molecule has 0 unspecified atom stereocenters. The zero-order valence-electron chi connectivity index (χ0n) is 9.89. The summed E-state index contributed by atoms with van der Waals surface area (Å²) in [7, 11) is 0. The van der Waals surface area contributed by atoms with Crippen LogP contribution in [-0.2, 0) is 9.53 Å². The zero-order chi connectivity index (χ0) is 12.8. The molecule has 1 aliphatic heterocycles. The van der Waals surface area contributed by atoms with E-state index in [1.807, 2.05) is 0 Å². The molecule has 1 aromatic rings. The Labute approximate surface area is 114 Å². The lowest BCUT2D eigenvalue weighted by Gasteiger charge is -2.23. The van der Waals surface area contributed by atoms with Crippen LogP contribution in [0.1, 0.15) is 12.8 Å². The number of nitrogens with one attached hydrogen (secondary N) is 1. The van der Waals surface area contributed by atoms with Gasteiger partial charge in [0.15, 0.2) is 6.61 Å². The maximum Gasteiger partial charge on any atom is 0.258 e. The summed E-state index contributed by atoms with van der Waals surface area (Å²) in [5.41, 5.74) is 0. The highest BCUT2D eigenvalue weighted by Crippen LogP contribution is 2.12. The molecule has 1 amide bonds. The Bertz CT molecular complexity index is 391. The van der Waals surface area contributed by atoms with Crippen molar-refractivity contribution in [2.75, 3.05) is 19.8 Å². The largest absolute Gasteiger partial charge is 0.482 e. The molecule has 18 heavy (non-hydrogen) atoms. The van der Waals surface area contributed by atoms with E-state index in [2.05, 4.69) is 26.2 Å². The third-order valence-corrected chi connectivity index (χ3v) is 3.13. The number of aromatic nitrogens is 1. The van der Waals surface area contributed by atoms with Gasteiger partial charge in [0.05, 0.1) is 6.20 Å². The Morgan fingerprint density at radius 1 is 1.50 bits per heavy atom. The zero-order valence-corrected chi connectivity index (χ0v) is 11.5. The van der Waals surface area contributed by atoms with E-state index in [-0.39, 0.29) is 18.6 Å². The number of ether oxygens (including phenoxy) is 2. The van der Waals surface area contributed by atoms with E-state index >= 15 is 0 Å². The normalized spacial score (nSPS) is 16.3. The molecule has 0 atom stereocenters. The van der Waals surface area contributed by atoms with Crippen molar-refractivity contribution in [3.8, 4) is 5.75 Å². The molecule has 0 saturated carbocycles. The van der Waals surface area contributed by atoms with E-state index in [0.29, 0.717) is 19.0 Å². The molecule has 5 nitrogen and oxygen atoms in total. The van der Waals surface area contributed by atoms with Crippen LogP contribution in [0, 0.1) is 0 Å². The quantitative estimate of drug-likeness (QED) is 0.856. The number of halogens is 1. The predicted octanol–water partition coefficient (Wildman–Crippen LogP) is 1.52. The maximum atomic E-state index is 11.6. The van der Waals surface area contributed by atoms with Crippen LogP contribution < -0.4 is 10.1 Å². The van der Waals surface area contributed by atoms with E-state index < -0.39 is 0 Å². The van der Waals surface area contributed by atoms with Crippen molar-refractivity contribution in [1.82, 2.24) is 10.3 Å². The summed E-state index contributed by atoms with van der Waals surface area (Å²) in [6, 6.07) is 3.74. The molecule has 0 radical (unpaired) electrons. The lowest BCUT2D eigenvalue weighted by atomic mass is 10.1. The van der Waals surface area contributed by atoms with Gasteiger partial charge in [-0.25, -0.2) is 4.98 Å². The molecule has 6 heteroatoms. The second-order valence-corrected chi connectivity index (χ2v) is 4.87. The van der Waals surface area contributed by atoms with Crippen molar-refractivity contribution in [1.29, 1.82) is 0 Å². The first-order chi connectivity index (χ1) is 8.74. The number of carbonyl (C=O) groups excluding carboxylic acids is 1. The molecule has 1 fully saturated rings. The molecule has 2 rings (SSSR count). The van der Waals surface area contributed by atoms with Gasteiger partial charge in [-0.2, -0.15) is 0 Å². The average molecular weight is 315 g/mol. The Morgan fingerprint density at radius 2 is 2.28 bits per heavy atom. The summed E-state index contributed by atoms with van der Waals surface area (Å²) in [5, 5.41) is 2.93. The number of carbonyl (C=O) groups is 1. The van der Waals surface area contributed by atoms with Gasteiger partial charge in [0.2, 0.25) is 0 Å². The fraction of sp³-hybridized carbons (Fsp3) is 0.500. The van der Waals surface area contributed by atoms with Crippen molar-refractivity contribution in [2.45, 2.75) is 18.9 Å². The van der Waals surface area contributed by atoms with Gasteiger partial charge in [-0.1, -0.05) is 0 Å². The van der Waals surface area contributed by atoms with Gasteiger partial charge >= 0.3 is 0 Å². The standard InChI is InChI=1S/C12H15BrN2O3/c13-11-2-1-10(7-14-11)18-8-12(16)15-9-3-5-17-6-4-9/h1-2,7,9H,3-6,8H2,(H,15,16). The second kappa shape index (κ2) is 6.70. The van der Waals surface area contributed by atoms with Crippen molar-refractivity contribution in [3.05, 3.63) is 22.9 Å². The number of hydrogen-bond donors (Lipinski definition) is 1. The molecule has 0 aromatic carbocycles. The first kappa shape index (κ1) is 13.3. The van der Waals surface area contributed by atoms with Crippen molar-refractivity contribution >= 4 is 21.8 Å². The SMILES string of the molecule is O=C(COc1ccc(Br)nc1)NC1CCOCC1. The molecule has 98 valence electrons. The highest BCUT2D eigenvalue weighted by atomic mass is 79.9. The van der Waals surface area contributed by atoms with Gasteiger partial charge in [-0.05, 0) is 40.9 Å². The topological polar surface area (TPSA) is 60.5 Å². The second-order valence-electron chi connectivity index (χ2n) is 4.06. The van der Waals surface area contributed by atoms with Crippen LogP contribution in [0.25, 0.3) is 0 Å². The summed E-state index contributed by atoms with van der Waals surface area (Å²) in [5.74, 6) is 0.477. The van der Waals surface area contributed by atoms with Crippen molar-refractivity contribution < 1.29 is 14.3 Å². The Morgan fingerprint density at radius 3 is 2.94 bits per heavy atom. The van der Waals surface area contributed by atoms with E-state index in [1.54, 1.807) is 18.3 Å². The summed E-state index contributed by atoms with van der Waals surface area (Å²) in [6.07, 6.45) is 3.31. The lowest BCUT2D eigenvalue weighted by molar-refractivity contribution is -0.124. The molecule has 2 heterocycles. The Kier molecular flexibility index (Phi) is 4.95. The monoisotopic (exact) mass is 314 g/mol. The van der Waals surface area contributed by atoms with E-state index in [1.165, 1.54) is 0 Å². The number of amides is 1. The fourth-order valence-electron chi connectivity index (χ4n) is 1.71. The maximum absolute atomic E-state index is 11.6. The lowest BCUT2D eigenvalue weighted by Crippen LogP contribution is -2.41. The summed E-state index contributed by atoms with van der Waals surface area (Å²) < 4.78 is 11.3. The molecule has 1 N–H and O–H groups in total. The van der Waals surface area contributed by atoms with Crippen LogP contribution in [0.4, 0.5) is 0 Å². The third kappa shape index (κ3) is 4.27. The van der Waals surface area contributed by atoms with Crippen LogP contribution in [0.3, 0.4) is 0 Å². The van der Waals surface area contributed by atoms with Crippen LogP contribution in [0.2, 0.25) is 0 Å². The minimum absolute atomic E-state index is 0.0146. The van der Waals surface area contributed by atoms with Crippen LogP contribution in [0.15, 0.2) is 22.9 Å². The molecule has 1 aromatic heterocycles. The summed E-state index contributed by atoms with van der Waals surface area (Å²) >= 11 is 3.23. The molecular weight excluding hydrogens is 300 g/mol. The third-order valence-electron chi connectivity index (χ3n) is 2.66. The number of hydrogen-bond acceptors (Lipinski definition) is 4. The number of rotatable bonds is 4. The van der Waals surface area contributed by atoms with E-state index in [4.69, 9.17) is 9.47 Å². The van der Waals surface area contributed by atoms with Crippen LogP contribution in [0.5, 0.6) is 5.75 Å². The van der Waals surface area contributed by atoms with Gasteiger partial charge < -0.3 is 14.8 Å². The van der Waals surface area contributed by atoms with Crippen LogP contribution >= 0.6 is 15.9 Å². The highest BCUT2D eigenvalue weighted by molar-refractivity contribution is 9.10. The minimum Gasteiger partial charge on any atom is -0.482 e. The van der Waals surface area contributed by atoms with Gasteiger partial charge in [0, 0.05) is 19.3 Å². The molecule has 0 aliphatic carbocycles. The van der Waals surface area contributed by atoms with E-state index in [0.717, 1.165) is 17.4 Å². The van der Waals surface area contributed by atoms with Crippen LogP contribution in [-0.4, -0.2) is 36.8 Å². The van der Waals surface area contributed by atoms with Gasteiger partial charge in [0.1, 0.15) is 10.4 Å². The number of nitrogens with zero attached hydrogens (tertiary/aromatic N) is 1. The number of pyridine rings is 1. The molecule has 0 bridgehead atoms. The predicted molar refractivity (Wildman–Crippen MR) is 69.4 cm³/mol. The molecule has 0 spiro atoms. The van der Waals surface area contributed by atoms with Crippen molar-refractivity contribution in [3.63, 3.8) is 0 Å². The molecule has 1 aliphatic rings. The summed E-state index contributed by atoms with van der Waals surface area (Å²) in [6.45, 7) is 1.44. The minimum atomic E-state index is -0.107. The first-order valence-corrected chi connectivity index (χ1v) is 6.65.